The predicted octanol–water partition coefficient (Wildman–Crippen LogP) is 2.59. The molecule has 2 aromatic rings. The maximum Gasteiger partial charge on any atom is 0.0830 e. The Morgan fingerprint density at radius 2 is 1.50 bits per heavy atom. The van der Waals surface area contributed by atoms with Crippen LogP contribution in [0.2, 0.25) is 0 Å². The average Bonchev–Trinajstić information content (AvgIpc) is 2.31. The van der Waals surface area contributed by atoms with E-state index in [1.54, 1.807) is 0 Å². The van der Waals surface area contributed by atoms with E-state index in [2.05, 4.69) is 54.0 Å². The molecule has 2 nitrogen and oxygen atoms in total. The Bertz CT molecular complexity index is 487. The molecule has 0 fully saturated rings. The van der Waals surface area contributed by atoms with E-state index >= 15 is 0 Å². The van der Waals surface area contributed by atoms with Crippen molar-refractivity contribution in [1.29, 1.82) is 0 Å². The Hall–Kier alpha value is -1.38. The van der Waals surface area contributed by atoms with Crippen LogP contribution in [0.3, 0.4) is 0 Å². The second-order valence-corrected chi connectivity index (χ2v) is 4.12. The van der Waals surface area contributed by atoms with Crippen LogP contribution in [0.15, 0.2) is 36.4 Å². The summed E-state index contributed by atoms with van der Waals surface area (Å²) in [5, 5.41) is 9.06. The fourth-order valence-electron chi connectivity index (χ4n) is 2.04. The van der Waals surface area contributed by atoms with Crippen molar-refractivity contribution in [3.05, 3.63) is 47.5 Å². The lowest BCUT2D eigenvalue weighted by molar-refractivity contribution is 0.520. The minimum absolute atomic E-state index is 0.214. The molecule has 2 rings (SSSR count). The number of hydrogen-bond acceptors (Lipinski definition) is 2. The van der Waals surface area contributed by atoms with Gasteiger partial charge in [-0.3, -0.25) is 0 Å². The maximum atomic E-state index is 3.23. The molecule has 0 aliphatic rings. The van der Waals surface area contributed by atoms with Crippen LogP contribution in [0.5, 0.6) is 0 Å². The van der Waals surface area contributed by atoms with E-state index in [-0.39, 0.29) is 6.17 Å². The number of hydrogen-bond donors (Lipinski definition) is 2. The highest BCUT2D eigenvalue weighted by molar-refractivity contribution is 5.83. The van der Waals surface area contributed by atoms with Crippen molar-refractivity contribution in [2.75, 3.05) is 14.1 Å². The van der Waals surface area contributed by atoms with Crippen molar-refractivity contribution in [1.82, 2.24) is 10.6 Å². The van der Waals surface area contributed by atoms with Gasteiger partial charge in [0.05, 0.1) is 6.17 Å². The Labute approximate surface area is 96.7 Å². The minimum atomic E-state index is 0.214. The number of fused-ring (bicyclic) bond motifs is 1. The number of benzene rings is 2. The highest BCUT2D eigenvalue weighted by atomic mass is 15.1. The summed E-state index contributed by atoms with van der Waals surface area (Å²) in [5.41, 5.74) is 2.57. The van der Waals surface area contributed by atoms with Crippen LogP contribution in [0.25, 0.3) is 10.8 Å². The fourth-order valence-corrected chi connectivity index (χ4v) is 2.04. The van der Waals surface area contributed by atoms with Crippen LogP contribution in [-0.4, -0.2) is 14.1 Å². The summed E-state index contributed by atoms with van der Waals surface area (Å²) in [5.74, 6) is 0. The smallest absolute Gasteiger partial charge is 0.0830 e. The normalized spacial score (nSPS) is 11.2. The highest BCUT2D eigenvalue weighted by Gasteiger charge is 2.06. The predicted molar refractivity (Wildman–Crippen MR) is 69.5 cm³/mol. The van der Waals surface area contributed by atoms with Gasteiger partial charge in [-0.05, 0) is 43.4 Å². The summed E-state index contributed by atoms with van der Waals surface area (Å²) in [6.07, 6.45) is 0.214. The third kappa shape index (κ3) is 2.08. The largest absolute Gasteiger partial charge is 0.301 e. The zero-order valence-electron chi connectivity index (χ0n) is 10.0. The van der Waals surface area contributed by atoms with Crippen molar-refractivity contribution in [3.63, 3.8) is 0 Å². The summed E-state index contributed by atoms with van der Waals surface area (Å²) in [6, 6.07) is 13.1. The molecule has 0 bridgehead atoms. The van der Waals surface area contributed by atoms with Gasteiger partial charge >= 0.3 is 0 Å². The average molecular weight is 214 g/mol. The van der Waals surface area contributed by atoms with Crippen molar-refractivity contribution in [2.45, 2.75) is 13.1 Å². The van der Waals surface area contributed by atoms with E-state index in [0.29, 0.717) is 0 Å². The van der Waals surface area contributed by atoms with Crippen LogP contribution in [-0.2, 0) is 0 Å². The highest BCUT2D eigenvalue weighted by Crippen LogP contribution is 2.20. The lowest BCUT2D eigenvalue weighted by atomic mass is 10.0. The first kappa shape index (κ1) is 11.1. The van der Waals surface area contributed by atoms with Crippen LogP contribution < -0.4 is 10.6 Å². The summed E-state index contributed by atoms with van der Waals surface area (Å²) in [7, 11) is 3.92. The van der Waals surface area contributed by atoms with Gasteiger partial charge in [0.25, 0.3) is 0 Å². The van der Waals surface area contributed by atoms with E-state index in [1.807, 2.05) is 14.1 Å². The molecule has 0 aliphatic carbocycles. The van der Waals surface area contributed by atoms with E-state index in [0.717, 1.165) is 0 Å². The van der Waals surface area contributed by atoms with E-state index in [1.165, 1.54) is 21.9 Å². The summed E-state index contributed by atoms with van der Waals surface area (Å²) in [6.45, 7) is 2.12. The van der Waals surface area contributed by atoms with Gasteiger partial charge in [0, 0.05) is 0 Å². The Kier molecular flexibility index (Phi) is 3.22. The van der Waals surface area contributed by atoms with Gasteiger partial charge in [-0.25, -0.2) is 0 Å². The molecule has 0 saturated carbocycles. The Balaban J connectivity index is 2.47. The second kappa shape index (κ2) is 4.64. The zero-order valence-corrected chi connectivity index (χ0v) is 10.0. The molecule has 0 aliphatic heterocycles. The molecule has 84 valence electrons. The molecular formula is C14H18N2. The van der Waals surface area contributed by atoms with Crippen molar-refractivity contribution < 1.29 is 0 Å². The Morgan fingerprint density at radius 3 is 2.19 bits per heavy atom. The molecule has 0 atom stereocenters. The number of nitrogens with one attached hydrogen (secondary N) is 2. The molecule has 16 heavy (non-hydrogen) atoms. The van der Waals surface area contributed by atoms with Crippen LogP contribution in [0.1, 0.15) is 17.3 Å². The summed E-state index contributed by atoms with van der Waals surface area (Å²) >= 11 is 0. The van der Waals surface area contributed by atoms with Gasteiger partial charge in [0.2, 0.25) is 0 Å². The van der Waals surface area contributed by atoms with E-state index in [9.17, 15) is 0 Å². The fraction of sp³-hybridized carbons (Fsp3) is 0.286. The first-order chi connectivity index (χ1) is 7.74. The monoisotopic (exact) mass is 214 g/mol. The molecule has 0 unspecified atom stereocenters. The van der Waals surface area contributed by atoms with Gasteiger partial charge < -0.3 is 10.6 Å². The molecule has 0 spiro atoms. The quantitative estimate of drug-likeness (QED) is 0.767. The van der Waals surface area contributed by atoms with Gasteiger partial charge in [-0.1, -0.05) is 35.9 Å². The molecule has 2 heteroatoms. The van der Waals surface area contributed by atoms with Gasteiger partial charge in [-0.2, -0.15) is 0 Å². The molecule has 2 aromatic carbocycles. The lowest BCUT2D eigenvalue weighted by Gasteiger charge is -2.16. The van der Waals surface area contributed by atoms with Gasteiger partial charge in [0.1, 0.15) is 0 Å². The maximum absolute atomic E-state index is 3.23. The summed E-state index contributed by atoms with van der Waals surface area (Å²) < 4.78 is 0. The molecule has 0 saturated heterocycles. The zero-order chi connectivity index (χ0) is 11.5. The standard InChI is InChI=1S/C14H18N2/c1-10-4-5-12-9-13(14(15-2)16-3)7-6-11(12)8-10/h4-9,14-16H,1-3H3. The first-order valence-corrected chi connectivity index (χ1v) is 5.59. The SMILES string of the molecule is CNC(NC)c1ccc2cc(C)ccc2c1. The summed E-state index contributed by atoms with van der Waals surface area (Å²) in [4.78, 5) is 0. The molecule has 2 N–H and O–H groups in total. The van der Waals surface area contributed by atoms with Crippen molar-refractivity contribution in [3.8, 4) is 0 Å². The first-order valence-electron chi connectivity index (χ1n) is 5.59. The third-order valence-corrected chi connectivity index (χ3v) is 2.93. The number of aryl methyl sites for hydroxylation is 1. The van der Waals surface area contributed by atoms with Crippen LogP contribution in [0, 0.1) is 6.92 Å². The van der Waals surface area contributed by atoms with Gasteiger partial charge in [-0.15, -0.1) is 0 Å². The number of rotatable bonds is 3. The van der Waals surface area contributed by atoms with Crippen LogP contribution >= 0.6 is 0 Å². The lowest BCUT2D eigenvalue weighted by Crippen LogP contribution is -2.28. The van der Waals surface area contributed by atoms with E-state index < -0.39 is 0 Å². The Morgan fingerprint density at radius 1 is 0.875 bits per heavy atom. The van der Waals surface area contributed by atoms with Crippen molar-refractivity contribution >= 4 is 10.8 Å². The second-order valence-electron chi connectivity index (χ2n) is 4.12. The minimum Gasteiger partial charge on any atom is -0.301 e. The molecule has 0 amide bonds. The third-order valence-electron chi connectivity index (χ3n) is 2.93. The van der Waals surface area contributed by atoms with Gasteiger partial charge in [0.15, 0.2) is 0 Å². The van der Waals surface area contributed by atoms with E-state index in [4.69, 9.17) is 0 Å². The van der Waals surface area contributed by atoms with Crippen LogP contribution in [0.4, 0.5) is 0 Å². The molecule has 0 radical (unpaired) electrons. The molecule has 0 aromatic heterocycles. The van der Waals surface area contributed by atoms with Crippen molar-refractivity contribution in [2.24, 2.45) is 0 Å². The molecule has 0 heterocycles. The molecular weight excluding hydrogens is 196 g/mol. The topological polar surface area (TPSA) is 24.1 Å².